The molecule has 1 aromatic heterocycles. The number of nitrogens with zero attached hydrogens (tertiary/aromatic N) is 2. The largest absolute Gasteiger partial charge is 0.350 e. The topological polar surface area (TPSA) is 28.2 Å². The Morgan fingerprint density at radius 1 is 1.47 bits per heavy atom. The van der Waals surface area contributed by atoms with E-state index in [1.165, 1.54) is 0 Å². The molecule has 2 heterocycles. The summed E-state index contributed by atoms with van der Waals surface area (Å²) in [5, 5.41) is 3.39. The van der Waals surface area contributed by atoms with Gasteiger partial charge in [-0.25, -0.2) is 13.8 Å². The van der Waals surface area contributed by atoms with Gasteiger partial charge in [-0.2, -0.15) is 0 Å². The molecule has 1 aliphatic heterocycles. The maximum absolute atomic E-state index is 13.8. The molecule has 0 aromatic carbocycles. The van der Waals surface area contributed by atoms with Crippen molar-refractivity contribution in [3.05, 3.63) is 23.9 Å². The Hall–Kier alpha value is -1.23. The summed E-state index contributed by atoms with van der Waals surface area (Å²) in [5.41, 5.74) is 0. The van der Waals surface area contributed by atoms with Gasteiger partial charge in [-0.1, -0.05) is 13.8 Å². The highest BCUT2D eigenvalue weighted by atomic mass is 19.1. The number of halogens is 2. The van der Waals surface area contributed by atoms with E-state index in [4.69, 9.17) is 0 Å². The van der Waals surface area contributed by atoms with Gasteiger partial charge in [-0.3, -0.25) is 0 Å². The summed E-state index contributed by atoms with van der Waals surface area (Å²) >= 11 is 0. The molecule has 1 atom stereocenters. The zero-order valence-corrected chi connectivity index (χ0v) is 11.5. The van der Waals surface area contributed by atoms with E-state index < -0.39 is 11.6 Å². The fourth-order valence-corrected chi connectivity index (χ4v) is 2.48. The Balaban J connectivity index is 2.01. The van der Waals surface area contributed by atoms with Crippen LogP contribution in [0.25, 0.3) is 0 Å². The van der Waals surface area contributed by atoms with Gasteiger partial charge in [0.15, 0.2) is 11.6 Å². The number of hydrogen-bond donors (Lipinski definition) is 1. The standard InChI is InChI=1S/C14H21F2N3/c1-10(2)7-17-9-12-4-3-5-19(12)14-13(16)6-11(15)8-18-14/h6,8,10,12,17H,3-5,7,9H2,1-2H3. The molecule has 0 spiro atoms. The van der Waals surface area contributed by atoms with Gasteiger partial charge < -0.3 is 10.2 Å². The summed E-state index contributed by atoms with van der Waals surface area (Å²) in [6.07, 6.45) is 3.12. The molecule has 1 aromatic rings. The third kappa shape index (κ3) is 3.62. The first-order valence-corrected chi connectivity index (χ1v) is 6.86. The van der Waals surface area contributed by atoms with Crippen molar-refractivity contribution in [1.82, 2.24) is 10.3 Å². The van der Waals surface area contributed by atoms with Crippen LogP contribution in [0.15, 0.2) is 12.3 Å². The smallest absolute Gasteiger partial charge is 0.168 e. The average molecular weight is 269 g/mol. The third-order valence-electron chi connectivity index (χ3n) is 3.37. The molecule has 106 valence electrons. The van der Waals surface area contributed by atoms with Crippen molar-refractivity contribution in [3.63, 3.8) is 0 Å². The van der Waals surface area contributed by atoms with Crippen LogP contribution in [0.1, 0.15) is 26.7 Å². The van der Waals surface area contributed by atoms with Crippen molar-refractivity contribution < 1.29 is 8.78 Å². The van der Waals surface area contributed by atoms with Gasteiger partial charge in [-0.15, -0.1) is 0 Å². The van der Waals surface area contributed by atoms with Crippen molar-refractivity contribution in [3.8, 4) is 0 Å². The summed E-state index contributed by atoms with van der Waals surface area (Å²) in [6.45, 7) is 6.85. The molecule has 1 N–H and O–H groups in total. The zero-order valence-electron chi connectivity index (χ0n) is 11.5. The van der Waals surface area contributed by atoms with Gasteiger partial charge in [0.2, 0.25) is 0 Å². The highest BCUT2D eigenvalue weighted by Gasteiger charge is 2.27. The Kier molecular flexibility index (Phi) is 4.69. The minimum atomic E-state index is -0.630. The number of hydrogen-bond acceptors (Lipinski definition) is 3. The van der Waals surface area contributed by atoms with Crippen molar-refractivity contribution >= 4 is 5.82 Å². The molecule has 1 saturated heterocycles. The van der Waals surface area contributed by atoms with E-state index in [0.717, 1.165) is 44.7 Å². The summed E-state index contributed by atoms with van der Waals surface area (Å²) in [4.78, 5) is 5.85. The SMILES string of the molecule is CC(C)CNCC1CCCN1c1ncc(F)cc1F. The summed E-state index contributed by atoms with van der Waals surface area (Å²) in [6, 6.07) is 1.14. The first kappa shape index (κ1) is 14.2. The van der Waals surface area contributed by atoms with E-state index in [0.29, 0.717) is 5.92 Å². The van der Waals surface area contributed by atoms with Crippen LogP contribution in [-0.2, 0) is 0 Å². The zero-order chi connectivity index (χ0) is 13.8. The summed E-state index contributed by atoms with van der Waals surface area (Å²) < 4.78 is 26.7. The van der Waals surface area contributed by atoms with E-state index in [1.807, 2.05) is 4.90 Å². The second kappa shape index (κ2) is 6.28. The molecule has 1 unspecified atom stereocenters. The van der Waals surface area contributed by atoms with Crippen molar-refractivity contribution in [2.45, 2.75) is 32.7 Å². The van der Waals surface area contributed by atoms with Crippen LogP contribution < -0.4 is 10.2 Å². The van der Waals surface area contributed by atoms with Gasteiger partial charge in [0.1, 0.15) is 5.82 Å². The van der Waals surface area contributed by atoms with Crippen LogP contribution in [0.3, 0.4) is 0 Å². The van der Waals surface area contributed by atoms with Crippen LogP contribution in [0.2, 0.25) is 0 Å². The van der Waals surface area contributed by atoms with E-state index >= 15 is 0 Å². The first-order chi connectivity index (χ1) is 9.08. The molecule has 1 aliphatic rings. The second-order valence-electron chi connectivity index (χ2n) is 5.50. The molecule has 1 fully saturated rings. The predicted octanol–water partition coefficient (Wildman–Crippen LogP) is 2.57. The van der Waals surface area contributed by atoms with Crippen LogP contribution >= 0.6 is 0 Å². The number of pyridine rings is 1. The fraction of sp³-hybridized carbons (Fsp3) is 0.643. The molecule has 0 amide bonds. The Labute approximate surface area is 113 Å². The molecule has 0 saturated carbocycles. The minimum Gasteiger partial charge on any atom is -0.350 e. The van der Waals surface area contributed by atoms with E-state index in [-0.39, 0.29) is 11.9 Å². The normalized spacial score (nSPS) is 19.4. The Bertz CT molecular complexity index is 423. The van der Waals surface area contributed by atoms with Crippen molar-refractivity contribution in [2.24, 2.45) is 5.92 Å². The highest BCUT2D eigenvalue weighted by Crippen LogP contribution is 2.25. The van der Waals surface area contributed by atoms with E-state index in [2.05, 4.69) is 24.1 Å². The molecule has 0 aliphatic carbocycles. The van der Waals surface area contributed by atoms with E-state index in [1.54, 1.807) is 0 Å². The maximum Gasteiger partial charge on any atom is 0.168 e. The maximum atomic E-state index is 13.8. The van der Waals surface area contributed by atoms with Crippen LogP contribution in [-0.4, -0.2) is 30.7 Å². The molecule has 3 nitrogen and oxygen atoms in total. The molecule has 0 radical (unpaired) electrons. The molecular weight excluding hydrogens is 248 g/mol. The summed E-state index contributed by atoms with van der Waals surface area (Å²) in [5.74, 6) is -0.337. The van der Waals surface area contributed by atoms with Crippen LogP contribution in [0, 0.1) is 17.6 Å². The predicted molar refractivity (Wildman–Crippen MR) is 72.2 cm³/mol. The molecule has 19 heavy (non-hydrogen) atoms. The third-order valence-corrected chi connectivity index (χ3v) is 3.37. The average Bonchev–Trinajstić information content (AvgIpc) is 2.77. The Morgan fingerprint density at radius 3 is 2.95 bits per heavy atom. The minimum absolute atomic E-state index is 0.242. The molecule has 0 bridgehead atoms. The van der Waals surface area contributed by atoms with Crippen LogP contribution in [0.4, 0.5) is 14.6 Å². The quantitative estimate of drug-likeness (QED) is 0.890. The van der Waals surface area contributed by atoms with Gasteiger partial charge in [-0.05, 0) is 25.3 Å². The van der Waals surface area contributed by atoms with Gasteiger partial charge in [0, 0.05) is 25.2 Å². The Morgan fingerprint density at radius 2 is 2.26 bits per heavy atom. The van der Waals surface area contributed by atoms with E-state index in [9.17, 15) is 8.78 Å². The first-order valence-electron chi connectivity index (χ1n) is 6.86. The lowest BCUT2D eigenvalue weighted by Gasteiger charge is -2.26. The second-order valence-corrected chi connectivity index (χ2v) is 5.50. The number of nitrogens with one attached hydrogen (secondary N) is 1. The number of anilines is 1. The number of aromatic nitrogens is 1. The lowest BCUT2D eigenvalue weighted by molar-refractivity contribution is 0.505. The van der Waals surface area contributed by atoms with Gasteiger partial charge in [0.05, 0.1) is 6.20 Å². The highest BCUT2D eigenvalue weighted by molar-refractivity contribution is 5.42. The lowest BCUT2D eigenvalue weighted by Crippen LogP contribution is -2.39. The van der Waals surface area contributed by atoms with Gasteiger partial charge in [0.25, 0.3) is 0 Å². The summed E-state index contributed by atoms with van der Waals surface area (Å²) in [7, 11) is 0. The van der Waals surface area contributed by atoms with Gasteiger partial charge >= 0.3 is 0 Å². The molecule has 2 rings (SSSR count). The molecular formula is C14H21F2N3. The lowest BCUT2D eigenvalue weighted by atomic mass is 10.2. The number of rotatable bonds is 5. The monoisotopic (exact) mass is 269 g/mol. The van der Waals surface area contributed by atoms with Crippen molar-refractivity contribution in [2.75, 3.05) is 24.5 Å². The van der Waals surface area contributed by atoms with Crippen molar-refractivity contribution in [1.29, 1.82) is 0 Å². The fourth-order valence-electron chi connectivity index (χ4n) is 2.48. The van der Waals surface area contributed by atoms with Crippen LogP contribution in [0.5, 0.6) is 0 Å². The molecule has 5 heteroatoms.